The average Bonchev–Trinajstić information content (AvgIpc) is 2.95. The number of benzene rings is 2. The molecule has 0 radical (unpaired) electrons. The second-order valence-electron chi connectivity index (χ2n) is 6.08. The number of alkyl halides is 3. The molecule has 0 spiro atoms. The van der Waals surface area contributed by atoms with Gasteiger partial charge in [0.05, 0.1) is 10.5 Å². The van der Waals surface area contributed by atoms with Crippen LogP contribution >= 0.6 is 11.8 Å². The summed E-state index contributed by atoms with van der Waals surface area (Å²) in [5.74, 6) is -1.04. The number of carbonyl (C=O) groups excluding carboxylic acids is 3. The summed E-state index contributed by atoms with van der Waals surface area (Å²) in [6, 6.07) is 12.8. The highest BCUT2D eigenvalue weighted by Crippen LogP contribution is 2.32. The third kappa shape index (κ3) is 5.05. The number of imide groups is 1. The number of nitrogens with one attached hydrogen (secondary N) is 1. The standard InChI is InChI=1S/C20H15F3N2O3S/c21-20(22,23)15-8-6-14(7-9-15)17(26)24-10-11-25-18(27)16(29-19(25)28)12-13-4-2-1-3-5-13/h1-9,12H,10-11H2,(H,24,26)/b16-12-. The number of hydrogen-bond acceptors (Lipinski definition) is 4. The van der Waals surface area contributed by atoms with E-state index in [9.17, 15) is 27.6 Å². The van der Waals surface area contributed by atoms with Crippen LogP contribution in [0.4, 0.5) is 18.0 Å². The number of halogens is 3. The van der Waals surface area contributed by atoms with Gasteiger partial charge in [0, 0.05) is 18.7 Å². The summed E-state index contributed by atoms with van der Waals surface area (Å²) < 4.78 is 37.7. The van der Waals surface area contributed by atoms with Gasteiger partial charge in [-0.05, 0) is 47.7 Å². The van der Waals surface area contributed by atoms with Gasteiger partial charge in [0.2, 0.25) is 0 Å². The highest BCUT2D eigenvalue weighted by Gasteiger charge is 2.34. The maximum Gasteiger partial charge on any atom is 0.416 e. The highest BCUT2D eigenvalue weighted by molar-refractivity contribution is 8.18. The third-order valence-electron chi connectivity index (χ3n) is 4.07. The summed E-state index contributed by atoms with van der Waals surface area (Å²) in [7, 11) is 0. The molecule has 0 atom stereocenters. The second-order valence-corrected chi connectivity index (χ2v) is 7.07. The Morgan fingerprint density at radius 1 is 1.03 bits per heavy atom. The Morgan fingerprint density at radius 2 is 1.69 bits per heavy atom. The SMILES string of the molecule is O=C(NCCN1C(=O)S/C(=C\c2ccccc2)C1=O)c1ccc(C(F)(F)F)cc1. The average molecular weight is 420 g/mol. The van der Waals surface area contributed by atoms with E-state index in [0.29, 0.717) is 0 Å². The molecule has 1 aliphatic rings. The van der Waals surface area contributed by atoms with E-state index in [1.807, 2.05) is 18.2 Å². The molecule has 3 rings (SSSR count). The highest BCUT2D eigenvalue weighted by atomic mass is 32.2. The number of hydrogen-bond donors (Lipinski definition) is 1. The molecule has 1 saturated heterocycles. The Labute approximate surface area is 168 Å². The Hall–Kier alpha value is -3.07. The van der Waals surface area contributed by atoms with Crippen LogP contribution in [0.25, 0.3) is 6.08 Å². The Kier molecular flexibility index (Phi) is 6.07. The minimum absolute atomic E-state index is 0.0173. The van der Waals surface area contributed by atoms with Crippen LogP contribution < -0.4 is 5.32 Å². The van der Waals surface area contributed by atoms with Gasteiger partial charge >= 0.3 is 6.18 Å². The van der Waals surface area contributed by atoms with E-state index >= 15 is 0 Å². The van der Waals surface area contributed by atoms with Crippen LogP contribution in [0, 0.1) is 0 Å². The first-order valence-corrected chi connectivity index (χ1v) is 9.33. The quantitative estimate of drug-likeness (QED) is 0.738. The summed E-state index contributed by atoms with van der Waals surface area (Å²) >= 11 is 0.815. The number of thioether (sulfide) groups is 1. The lowest BCUT2D eigenvalue weighted by Crippen LogP contribution is -2.37. The molecule has 3 amide bonds. The topological polar surface area (TPSA) is 66.5 Å². The molecule has 0 saturated carbocycles. The van der Waals surface area contributed by atoms with Crippen molar-refractivity contribution in [1.29, 1.82) is 0 Å². The predicted octanol–water partition coefficient (Wildman–Crippen LogP) is 4.17. The van der Waals surface area contributed by atoms with Crippen molar-refractivity contribution < 1.29 is 27.6 Å². The summed E-state index contributed by atoms with van der Waals surface area (Å²) in [6.45, 7) is -0.0559. The van der Waals surface area contributed by atoms with Gasteiger partial charge in [0.15, 0.2) is 0 Å². The minimum Gasteiger partial charge on any atom is -0.350 e. The Balaban J connectivity index is 1.56. The molecule has 29 heavy (non-hydrogen) atoms. The molecule has 2 aromatic carbocycles. The molecule has 1 heterocycles. The number of carbonyl (C=O) groups is 3. The summed E-state index contributed by atoms with van der Waals surface area (Å²) in [5, 5.41) is 2.05. The van der Waals surface area contributed by atoms with E-state index in [0.717, 1.165) is 46.5 Å². The van der Waals surface area contributed by atoms with E-state index < -0.39 is 28.8 Å². The normalized spacial score (nSPS) is 15.8. The van der Waals surface area contributed by atoms with Gasteiger partial charge in [-0.1, -0.05) is 30.3 Å². The summed E-state index contributed by atoms with van der Waals surface area (Å²) in [4.78, 5) is 37.8. The van der Waals surface area contributed by atoms with Crippen LogP contribution in [-0.2, 0) is 11.0 Å². The van der Waals surface area contributed by atoms with Crippen molar-refractivity contribution in [1.82, 2.24) is 10.2 Å². The van der Waals surface area contributed by atoms with Crippen LogP contribution in [0.2, 0.25) is 0 Å². The fourth-order valence-corrected chi connectivity index (χ4v) is 3.45. The van der Waals surface area contributed by atoms with E-state index in [1.54, 1.807) is 18.2 Å². The Morgan fingerprint density at radius 3 is 2.31 bits per heavy atom. The zero-order chi connectivity index (χ0) is 21.0. The van der Waals surface area contributed by atoms with E-state index in [1.165, 1.54) is 0 Å². The van der Waals surface area contributed by atoms with E-state index in [2.05, 4.69) is 5.32 Å². The van der Waals surface area contributed by atoms with Crippen molar-refractivity contribution >= 4 is 34.9 Å². The van der Waals surface area contributed by atoms with Crippen molar-refractivity contribution in [2.24, 2.45) is 0 Å². The summed E-state index contributed by atoms with van der Waals surface area (Å²) in [6.07, 6.45) is -2.86. The molecule has 150 valence electrons. The maximum atomic E-state index is 12.6. The molecule has 9 heteroatoms. The third-order valence-corrected chi connectivity index (χ3v) is 4.97. The molecule has 1 aliphatic heterocycles. The Bertz CT molecular complexity index is 957. The number of amides is 3. The molecule has 0 unspecified atom stereocenters. The fraction of sp³-hybridized carbons (Fsp3) is 0.150. The van der Waals surface area contributed by atoms with E-state index in [4.69, 9.17) is 0 Å². The number of nitrogens with zero attached hydrogens (tertiary/aromatic N) is 1. The zero-order valence-electron chi connectivity index (χ0n) is 14.9. The van der Waals surface area contributed by atoms with Crippen LogP contribution in [-0.4, -0.2) is 35.0 Å². The van der Waals surface area contributed by atoms with Crippen LogP contribution in [0.5, 0.6) is 0 Å². The van der Waals surface area contributed by atoms with Gasteiger partial charge in [0.25, 0.3) is 17.1 Å². The van der Waals surface area contributed by atoms with Crippen molar-refractivity contribution in [3.8, 4) is 0 Å². The first-order valence-electron chi connectivity index (χ1n) is 8.51. The minimum atomic E-state index is -4.48. The molecule has 0 aromatic heterocycles. The lowest BCUT2D eigenvalue weighted by Gasteiger charge is -2.13. The monoisotopic (exact) mass is 420 g/mol. The lowest BCUT2D eigenvalue weighted by molar-refractivity contribution is -0.137. The molecular formula is C20H15F3N2O3S. The van der Waals surface area contributed by atoms with Gasteiger partial charge in [-0.3, -0.25) is 19.3 Å². The van der Waals surface area contributed by atoms with Gasteiger partial charge < -0.3 is 5.32 Å². The van der Waals surface area contributed by atoms with Crippen molar-refractivity contribution in [3.05, 3.63) is 76.2 Å². The summed E-state index contributed by atoms with van der Waals surface area (Å²) in [5.41, 5.74) is -0.0122. The second kappa shape index (κ2) is 8.52. The number of rotatable bonds is 5. The van der Waals surface area contributed by atoms with Gasteiger partial charge in [0.1, 0.15) is 0 Å². The van der Waals surface area contributed by atoms with Gasteiger partial charge in [-0.25, -0.2) is 0 Å². The molecule has 0 bridgehead atoms. The zero-order valence-corrected chi connectivity index (χ0v) is 15.7. The predicted molar refractivity (Wildman–Crippen MR) is 103 cm³/mol. The first-order chi connectivity index (χ1) is 13.8. The van der Waals surface area contributed by atoms with Gasteiger partial charge in [-0.2, -0.15) is 13.2 Å². The van der Waals surface area contributed by atoms with Crippen LogP contribution in [0.15, 0.2) is 59.5 Å². The molecule has 0 aliphatic carbocycles. The van der Waals surface area contributed by atoms with Crippen molar-refractivity contribution in [3.63, 3.8) is 0 Å². The molecule has 2 aromatic rings. The van der Waals surface area contributed by atoms with Crippen LogP contribution in [0.3, 0.4) is 0 Å². The fourth-order valence-electron chi connectivity index (χ4n) is 2.59. The maximum absolute atomic E-state index is 12.6. The lowest BCUT2D eigenvalue weighted by atomic mass is 10.1. The van der Waals surface area contributed by atoms with E-state index in [-0.39, 0.29) is 23.6 Å². The molecule has 5 nitrogen and oxygen atoms in total. The van der Waals surface area contributed by atoms with Gasteiger partial charge in [-0.15, -0.1) is 0 Å². The molecule has 1 N–H and O–H groups in total. The molecular weight excluding hydrogens is 405 g/mol. The molecule has 1 fully saturated rings. The smallest absolute Gasteiger partial charge is 0.350 e. The largest absolute Gasteiger partial charge is 0.416 e. The van der Waals surface area contributed by atoms with Crippen molar-refractivity contribution in [2.45, 2.75) is 6.18 Å². The van der Waals surface area contributed by atoms with Crippen LogP contribution in [0.1, 0.15) is 21.5 Å². The van der Waals surface area contributed by atoms with Crippen molar-refractivity contribution in [2.75, 3.05) is 13.1 Å². The first kappa shape index (κ1) is 20.7.